The van der Waals surface area contributed by atoms with Gasteiger partial charge < -0.3 is 15.8 Å². The number of ether oxygens (including phenoxy) is 1. The zero-order chi connectivity index (χ0) is 13.8. The van der Waals surface area contributed by atoms with Crippen LogP contribution in [-0.4, -0.2) is 18.1 Å². The van der Waals surface area contributed by atoms with Crippen LogP contribution in [0.25, 0.3) is 0 Å². The van der Waals surface area contributed by atoms with Crippen LogP contribution < -0.4 is 15.8 Å². The van der Waals surface area contributed by atoms with Crippen molar-refractivity contribution < 1.29 is 9.53 Å². The fourth-order valence-corrected chi connectivity index (χ4v) is 1.35. The van der Waals surface area contributed by atoms with Gasteiger partial charge in [-0.25, -0.2) is 0 Å². The number of rotatable bonds is 4. The Morgan fingerprint density at radius 3 is 2.47 bits per heavy atom. The molecule has 0 heterocycles. The summed E-state index contributed by atoms with van der Waals surface area (Å²) >= 11 is 0. The van der Waals surface area contributed by atoms with Crippen molar-refractivity contribution in [1.29, 1.82) is 0 Å². The maximum atomic E-state index is 11.8. The van der Waals surface area contributed by atoms with Gasteiger partial charge in [0.1, 0.15) is 11.4 Å². The summed E-state index contributed by atoms with van der Waals surface area (Å²) in [5, 5.41) is 2.84. The van der Waals surface area contributed by atoms with Crippen LogP contribution in [0, 0.1) is 5.92 Å². The SMILES string of the molecule is CC(CN)C(=O)Nc1ccccc1OC(C)(C)C.Cl. The molecule has 0 aromatic heterocycles. The number of benzene rings is 1. The summed E-state index contributed by atoms with van der Waals surface area (Å²) in [7, 11) is 0. The molecule has 0 bridgehead atoms. The van der Waals surface area contributed by atoms with Crippen LogP contribution in [0.1, 0.15) is 27.7 Å². The van der Waals surface area contributed by atoms with E-state index in [1.165, 1.54) is 0 Å². The summed E-state index contributed by atoms with van der Waals surface area (Å²) in [6.45, 7) is 8.02. The number of para-hydroxylation sites is 2. The molecule has 0 aliphatic rings. The van der Waals surface area contributed by atoms with E-state index in [2.05, 4.69) is 5.32 Å². The van der Waals surface area contributed by atoms with Crippen molar-refractivity contribution >= 4 is 24.0 Å². The second kappa shape index (κ2) is 7.36. The number of carbonyl (C=O) groups excluding carboxylic acids is 1. The van der Waals surface area contributed by atoms with Gasteiger partial charge in [0.25, 0.3) is 0 Å². The lowest BCUT2D eigenvalue weighted by Gasteiger charge is -2.23. The Balaban J connectivity index is 0.00000324. The molecule has 4 nitrogen and oxygen atoms in total. The third-order valence-electron chi connectivity index (χ3n) is 2.36. The molecule has 1 amide bonds. The number of nitrogens with one attached hydrogen (secondary N) is 1. The van der Waals surface area contributed by atoms with E-state index in [1.807, 2.05) is 45.0 Å². The van der Waals surface area contributed by atoms with E-state index < -0.39 is 0 Å². The topological polar surface area (TPSA) is 64.4 Å². The van der Waals surface area contributed by atoms with Crippen LogP contribution in [0.15, 0.2) is 24.3 Å². The summed E-state index contributed by atoms with van der Waals surface area (Å²) in [5.41, 5.74) is 5.85. The molecular formula is C14H23ClN2O2. The highest BCUT2D eigenvalue weighted by Crippen LogP contribution is 2.27. The van der Waals surface area contributed by atoms with Gasteiger partial charge in [-0.15, -0.1) is 12.4 Å². The molecule has 0 saturated heterocycles. The summed E-state index contributed by atoms with van der Waals surface area (Å²) in [6, 6.07) is 7.40. The number of nitrogens with two attached hydrogens (primary N) is 1. The average molecular weight is 287 g/mol. The van der Waals surface area contributed by atoms with Crippen molar-refractivity contribution in [1.82, 2.24) is 0 Å². The van der Waals surface area contributed by atoms with Crippen LogP contribution in [-0.2, 0) is 4.79 Å². The summed E-state index contributed by atoms with van der Waals surface area (Å²) in [6.07, 6.45) is 0. The van der Waals surface area contributed by atoms with Crippen LogP contribution in [0.3, 0.4) is 0 Å². The van der Waals surface area contributed by atoms with Crippen molar-refractivity contribution in [3.05, 3.63) is 24.3 Å². The van der Waals surface area contributed by atoms with Crippen molar-refractivity contribution in [3.63, 3.8) is 0 Å². The Kier molecular flexibility index (Phi) is 6.87. The lowest BCUT2D eigenvalue weighted by Crippen LogP contribution is -2.28. The van der Waals surface area contributed by atoms with Crippen LogP contribution in [0.4, 0.5) is 5.69 Å². The molecule has 108 valence electrons. The molecule has 0 saturated carbocycles. The van der Waals surface area contributed by atoms with Crippen molar-refractivity contribution in [2.24, 2.45) is 11.7 Å². The van der Waals surface area contributed by atoms with E-state index >= 15 is 0 Å². The minimum Gasteiger partial charge on any atom is -0.486 e. The van der Waals surface area contributed by atoms with Crippen LogP contribution in [0.2, 0.25) is 0 Å². The predicted molar refractivity (Wildman–Crippen MR) is 80.9 cm³/mol. The molecule has 1 aromatic carbocycles. The molecule has 0 spiro atoms. The minimum atomic E-state index is -0.305. The van der Waals surface area contributed by atoms with Gasteiger partial charge in [-0.2, -0.15) is 0 Å². The Labute approximate surface area is 121 Å². The third-order valence-corrected chi connectivity index (χ3v) is 2.36. The van der Waals surface area contributed by atoms with Crippen molar-refractivity contribution in [2.45, 2.75) is 33.3 Å². The highest BCUT2D eigenvalue weighted by Gasteiger charge is 2.17. The van der Waals surface area contributed by atoms with Crippen LogP contribution in [0.5, 0.6) is 5.75 Å². The summed E-state index contributed by atoms with van der Waals surface area (Å²) in [4.78, 5) is 11.8. The second-order valence-electron chi connectivity index (χ2n) is 5.34. The largest absolute Gasteiger partial charge is 0.486 e. The molecule has 1 unspecified atom stereocenters. The van der Waals surface area contributed by atoms with E-state index in [0.717, 1.165) is 0 Å². The summed E-state index contributed by atoms with van der Waals surface area (Å²) < 4.78 is 5.80. The lowest BCUT2D eigenvalue weighted by molar-refractivity contribution is -0.119. The fourth-order valence-electron chi connectivity index (χ4n) is 1.35. The maximum absolute atomic E-state index is 11.8. The van der Waals surface area contributed by atoms with E-state index in [9.17, 15) is 4.79 Å². The van der Waals surface area contributed by atoms with Crippen molar-refractivity contribution in [2.75, 3.05) is 11.9 Å². The smallest absolute Gasteiger partial charge is 0.228 e. The number of hydrogen-bond acceptors (Lipinski definition) is 3. The number of anilines is 1. The minimum absolute atomic E-state index is 0. The van der Waals surface area contributed by atoms with E-state index in [1.54, 1.807) is 6.92 Å². The number of amides is 1. The molecule has 0 aliphatic carbocycles. The average Bonchev–Trinajstić information content (AvgIpc) is 2.28. The first-order valence-electron chi connectivity index (χ1n) is 6.12. The first-order chi connectivity index (χ1) is 8.33. The molecule has 0 radical (unpaired) electrons. The molecule has 5 heteroatoms. The molecule has 1 atom stereocenters. The lowest BCUT2D eigenvalue weighted by atomic mass is 10.1. The second-order valence-corrected chi connectivity index (χ2v) is 5.34. The van der Waals surface area contributed by atoms with Gasteiger partial charge in [-0.3, -0.25) is 4.79 Å². The van der Waals surface area contributed by atoms with Gasteiger partial charge in [0.05, 0.1) is 5.69 Å². The zero-order valence-electron chi connectivity index (χ0n) is 11.9. The molecule has 1 aromatic rings. The van der Waals surface area contributed by atoms with E-state index in [-0.39, 0.29) is 29.8 Å². The standard InChI is InChI=1S/C14H22N2O2.ClH/c1-10(9-15)13(17)16-11-7-5-6-8-12(11)18-14(2,3)4;/h5-8,10H,9,15H2,1-4H3,(H,16,17);1H. The van der Waals surface area contributed by atoms with Gasteiger partial charge in [-0.1, -0.05) is 19.1 Å². The van der Waals surface area contributed by atoms with Crippen LogP contribution >= 0.6 is 12.4 Å². The quantitative estimate of drug-likeness (QED) is 0.894. The molecule has 3 N–H and O–H groups in total. The Hall–Kier alpha value is -1.26. The Bertz CT molecular complexity index is 416. The third kappa shape index (κ3) is 5.94. The van der Waals surface area contributed by atoms with Gasteiger partial charge in [-0.05, 0) is 32.9 Å². The highest BCUT2D eigenvalue weighted by molar-refractivity contribution is 5.93. The van der Waals surface area contributed by atoms with E-state index in [4.69, 9.17) is 10.5 Å². The first-order valence-corrected chi connectivity index (χ1v) is 6.12. The molecule has 19 heavy (non-hydrogen) atoms. The number of halogens is 1. The molecule has 0 fully saturated rings. The molecule has 0 aliphatic heterocycles. The molecular weight excluding hydrogens is 264 g/mol. The monoisotopic (exact) mass is 286 g/mol. The Morgan fingerprint density at radius 2 is 1.95 bits per heavy atom. The predicted octanol–water partition coefficient (Wildman–Crippen LogP) is 2.82. The normalized spacial score (nSPS) is 12.3. The van der Waals surface area contributed by atoms with Crippen molar-refractivity contribution in [3.8, 4) is 5.75 Å². The fraction of sp³-hybridized carbons (Fsp3) is 0.500. The number of hydrogen-bond donors (Lipinski definition) is 2. The van der Waals surface area contributed by atoms with Gasteiger partial charge in [0.2, 0.25) is 5.91 Å². The summed E-state index contributed by atoms with van der Waals surface area (Å²) in [5.74, 6) is 0.359. The Morgan fingerprint density at radius 1 is 1.37 bits per heavy atom. The van der Waals surface area contributed by atoms with Gasteiger partial charge in [0.15, 0.2) is 0 Å². The van der Waals surface area contributed by atoms with Gasteiger partial charge in [0, 0.05) is 12.5 Å². The zero-order valence-corrected chi connectivity index (χ0v) is 12.7. The first kappa shape index (κ1) is 17.7. The van der Waals surface area contributed by atoms with E-state index in [0.29, 0.717) is 18.0 Å². The highest BCUT2D eigenvalue weighted by atomic mass is 35.5. The number of carbonyl (C=O) groups is 1. The maximum Gasteiger partial charge on any atom is 0.228 e. The molecule has 1 rings (SSSR count). The van der Waals surface area contributed by atoms with Gasteiger partial charge >= 0.3 is 0 Å².